The van der Waals surface area contributed by atoms with Gasteiger partial charge in [-0.25, -0.2) is 0 Å². The predicted octanol–water partition coefficient (Wildman–Crippen LogP) is 1.71. The lowest BCUT2D eigenvalue weighted by atomic mass is 9.85. The summed E-state index contributed by atoms with van der Waals surface area (Å²) in [4.78, 5) is 13.6. The van der Waals surface area contributed by atoms with Gasteiger partial charge in [0.1, 0.15) is 0 Å². The number of amides is 1. The Labute approximate surface area is 85.1 Å². The first-order valence-corrected chi connectivity index (χ1v) is 5.86. The molecule has 0 N–H and O–H groups in total. The predicted molar refractivity (Wildman–Crippen MR) is 55.9 cm³/mol. The van der Waals surface area contributed by atoms with Crippen LogP contribution in [0.5, 0.6) is 0 Å². The molecule has 3 heteroatoms. The summed E-state index contributed by atoms with van der Waals surface area (Å²) in [6.07, 6.45) is 6.46. The molecule has 2 rings (SSSR count). The summed E-state index contributed by atoms with van der Waals surface area (Å²) >= 11 is 4.06. The topological polar surface area (TPSA) is 20.3 Å². The molecule has 2 nitrogen and oxygen atoms in total. The smallest absolute Gasteiger partial charge is 0.232 e. The van der Waals surface area contributed by atoms with E-state index >= 15 is 0 Å². The summed E-state index contributed by atoms with van der Waals surface area (Å²) in [5.41, 5.74) is 0. The van der Waals surface area contributed by atoms with E-state index in [4.69, 9.17) is 0 Å². The van der Waals surface area contributed by atoms with Crippen LogP contribution in [0.4, 0.5) is 0 Å². The summed E-state index contributed by atoms with van der Waals surface area (Å²) in [7, 11) is 0. The van der Waals surface area contributed by atoms with Crippen LogP contribution in [-0.4, -0.2) is 29.1 Å². The fourth-order valence-corrected chi connectivity index (χ4v) is 2.99. The molecule has 1 aliphatic carbocycles. The number of hydrogen-bond acceptors (Lipinski definition) is 2. The van der Waals surface area contributed by atoms with Crippen molar-refractivity contribution in [3.8, 4) is 0 Å². The van der Waals surface area contributed by atoms with E-state index < -0.39 is 0 Å². The molecule has 1 saturated heterocycles. The average molecular weight is 199 g/mol. The van der Waals surface area contributed by atoms with Gasteiger partial charge >= 0.3 is 0 Å². The number of likely N-dealkylation sites (tertiary alicyclic amines) is 1. The monoisotopic (exact) mass is 199 g/mol. The molecule has 2 aliphatic rings. The Balaban J connectivity index is 2.02. The van der Waals surface area contributed by atoms with Gasteiger partial charge in [-0.05, 0) is 25.2 Å². The van der Waals surface area contributed by atoms with E-state index in [0.717, 1.165) is 12.5 Å². The maximum atomic E-state index is 11.5. The Hall–Kier alpha value is -0.180. The second kappa shape index (κ2) is 3.91. The zero-order valence-electron chi connectivity index (χ0n) is 7.91. The summed E-state index contributed by atoms with van der Waals surface area (Å²) in [6, 6.07) is 0.563. The van der Waals surface area contributed by atoms with Gasteiger partial charge in [0, 0.05) is 12.6 Å². The van der Waals surface area contributed by atoms with Crippen molar-refractivity contribution in [1.82, 2.24) is 4.90 Å². The van der Waals surface area contributed by atoms with E-state index in [9.17, 15) is 4.79 Å². The van der Waals surface area contributed by atoms with Crippen LogP contribution in [0.15, 0.2) is 0 Å². The number of carbonyl (C=O) groups is 1. The van der Waals surface area contributed by atoms with E-state index in [1.807, 2.05) is 0 Å². The van der Waals surface area contributed by atoms with Crippen LogP contribution in [0.2, 0.25) is 0 Å². The zero-order valence-corrected chi connectivity index (χ0v) is 8.80. The third-order valence-electron chi connectivity index (χ3n) is 3.47. The number of fused-ring (bicyclic) bond motifs is 1. The van der Waals surface area contributed by atoms with E-state index in [-0.39, 0.29) is 5.91 Å². The van der Waals surface area contributed by atoms with Gasteiger partial charge in [0.05, 0.1) is 5.75 Å². The first-order valence-electron chi connectivity index (χ1n) is 5.23. The molecule has 2 unspecified atom stereocenters. The van der Waals surface area contributed by atoms with Gasteiger partial charge in [-0.3, -0.25) is 4.79 Å². The van der Waals surface area contributed by atoms with Gasteiger partial charge in [0.15, 0.2) is 0 Å². The van der Waals surface area contributed by atoms with Gasteiger partial charge in [0.25, 0.3) is 0 Å². The van der Waals surface area contributed by atoms with Gasteiger partial charge in [-0.2, -0.15) is 12.6 Å². The van der Waals surface area contributed by atoms with Crippen molar-refractivity contribution in [3.05, 3.63) is 0 Å². The van der Waals surface area contributed by atoms with E-state index in [1.165, 1.54) is 32.1 Å². The Bertz CT molecular complexity index is 207. The lowest BCUT2D eigenvalue weighted by molar-refractivity contribution is -0.129. The molecule has 1 heterocycles. The Morgan fingerprint density at radius 3 is 2.85 bits per heavy atom. The van der Waals surface area contributed by atoms with Crippen molar-refractivity contribution in [2.24, 2.45) is 5.92 Å². The van der Waals surface area contributed by atoms with Gasteiger partial charge in [-0.1, -0.05) is 12.8 Å². The molecule has 1 amide bonds. The molecule has 0 spiro atoms. The zero-order chi connectivity index (χ0) is 9.26. The lowest BCUT2D eigenvalue weighted by Gasteiger charge is -2.31. The summed E-state index contributed by atoms with van der Waals surface area (Å²) in [6.45, 7) is 0.981. The molecule has 2 atom stereocenters. The second-order valence-corrected chi connectivity index (χ2v) is 4.46. The largest absolute Gasteiger partial charge is 0.339 e. The molecule has 0 radical (unpaired) electrons. The number of rotatable bonds is 1. The maximum absolute atomic E-state index is 11.5. The first-order chi connectivity index (χ1) is 6.33. The fourth-order valence-electron chi connectivity index (χ4n) is 2.81. The van der Waals surface area contributed by atoms with Crippen molar-refractivity contribution < 1.29 is 4.79 Å². The standard InChI is InChI=1S/C10H17NOS/c12-10(7-13)11-6-5-8-3-1-2-4-9(8)11/h8-9,13H,1-7H2. The molecule has 0 aromatic heterocycles. The molecule has 74 valence electrons. The molecule has 2 fully saturated rings. The lowest BCUT2D eigenvalue weighted by Crippen LogP contribution is -2.39. The Morgan fingerprint density at radius 2 is 2.08 bits per heavy atom. The molecule has 0 bridgehead atoms. The molecule has 0 aromatic carbocycles. The summed E-state index contributed by atoms with van der Waals surface area (Å²) in [5.74, 6) is 1.42. The number of hydrogen-bond donors (Lipinski definition) is 1. The van der Waals surface area contributed by atoms with E-state index in [0.29, 0.717) is 11.8 Å². The van der Waals surface area contributed by atoms with Crippen molar-refractivity contribution in [1.29, 1.82) is 0 Å². The van der Waals surface area contributed by atoms with Crippen LogP contribution in [0.1, 0.15) is 32.1 Å². The van der Waals surface area contributed by atoms with Crippen LogP contribution in [0.25, 0.3) is 0 Å². The highest BCUT2D eigenvalue weighted by atomic mass is 32.1. The Morgan fingerprint density at radius 1 is 1.31 bits per heavy atom. The van der Waals surface area contributed by atoms with Crippen LogP contribution >= 0.6 is 12.6 Å². The van der Waals surface area contributed by atoms with Crippen LogP contribution in [0, 0.1) is 5.92 Å². The minimum atomic E-state index is 0.234. The maximum Gasteiger partial charge on any atom is 0.232 e. The summed E-state index contributed by atoms with van der Waals surface area (Å²) < 4.78 is 0. The van der Waals surface area contributed by atoms with Crippen LogP contribution in [-0.2, 0) is 4.79 Å². The van der Waals surface area contributed by atoms with E-state index in [1.54, 1.807) is 0 Å². The molecular formula is C10H17NOS. The van der Waals surface area contributed by atoms with Crippen molar-refractivity contribution in [2.75, 3.05) is 12.3 Å². The van der Waals surface area contributed by atoms with Crippen molar-refractivity contribution in [3.63, 3.8) is 0 Å². The molecular weight excluding hydrogens is 182 g/mol. The van der Waals surface area contributed by atoms with E-state index in [2.05, 4.69) is 17.5 Å². The number of thiol groups is 1. The molecule has 13 heavy (non-hydrogen) atoms. The highest BCUT2D eigenvalue weighted by molar-refractivity contribution is 7.81. The summed E-state index contributed by atoms with van der Waals surface area (Å²) in [5, 5.41) is 0. The van der Waals surface area contributed by atoms with Gasteiger partial charge in [0.2, 0.25) is 5.91 Å². The molecule has 1 aliphatic heterocycles. The number of nitrogens with zero attached hydrogens (tertiary/aromatic N) is 1. The third-order valence-corrected chi connectivity index (χ3v) is 3.74. The SMILES string of the molecule is O=C(CS)N1CCC2CCCCC21. The fraction of sp³-hybridized carbons (Fsp3) is 0.900. The van der Waals surface area contributed by atoms with Gasteiger partial charge in [-0.15, -0.1) is 0 Å². The quantitative estimate of drug-likeness (QED) is 0.637. The number of carbonyl (C=O) groups excluding carboxylic acids is 1. The second-order valence-electron chi connectivity index (χ2n) is 4.15. The normalized spacial score (nSPS) is 33.2. The molecule has 1 saturated carbocycles. The minimum Gasteiger partial charge on any atom is -0.339 e. The van der Waals surface area contributed by atoms with Crippen LogP contribution in [0.3, 0.4) is 0 Å². The van der Waals surface area contributed by atoms with Crippen molar-refractivity contribution in [2.45, 2.75) is 38.1 Å². The first kappa shape index (κ1) is 9.38. The average Bonchev–Trinajstić information content (AvgIpc) is 2.60. The minimum absolute atomic E-state index is 0.234. The Kier molecular flexibility index (Phi) is 2.82. The molecule has 0 aromatic rings. The van der Waals surface area contributed by atoms with Crippen LogP contribution < -0.4 is 0 Å². The highest BCUT2D eigenvalue weighted by Gasteiger charge is 2.37. The highest BCUT2D eigenvalue weighted by Crippen LogP contribution is 2.36. The van der Waals surface area contributed by atoms with Gasteiger partial charge < -0.3 is 4.90 Å². The van der Waals surface area contributed by atoms with Crippen molar-refractivity contribution >= 4 is 18.5 Å². The third kappa shape index (κ3) is 1.71.